The van der Waals surface area contributed by atoms with Crippen molar-refractivity contribution in [2.45, 2.75) is 23.2 Å². The highest BCUT2D eigenvalue weighted by atomic mass is 32.2. The number of nitrogens with zero attached hydrogens (tertiary/aromatic N) is 1. The number of carbonyl (C=O) groups is 1. The third-order valence-electron chi connectivity index (χ3n) is 4.46. The molecular weight excluding hydrogens is 324 g/mol. The summed E-state index contributed by atoms with van der Waals surface area (Å²) in [5.41, 5.74) is 1.54. The van der Waals surface area contributed by atoms with Gasteiger partial charge in [0.15, 0.2) is 0 Å². The van der Waals surface area contributed by atoms with E-state index in [4.69, 9.17) is 0 Å². The minimum Gasteiger partial charge on any atom is -0.351 e. The molecule has 0 unspecified atom stereocenters. The van der Waals surface area contributed by atoms with Crippen molar-refractivity contribution in [1.82, 2.24) is 5.32 Å². The fourth-order valence-electron chi connectivity index (χ4n) is 2.84. The Balaban J connectivity index is 1.72. The van der Waals surface area contributed by atoms with E-state index >= 15 is 0 Å². The van der Waals surface area contributed by atoms with E-state index in [1.165, 1.54) is 23.4 Å². The lowest BCUT2D eigenvalue weighted by Crippen LogP contribution is -2.32. The smallest absolute Gasteiger partial charge is 0.283 e. The van der Waals surface area contributed by atoms with Crippen molar-refractivity contribution in [2.24, 2.45) is 0 Å². The molecule has 2 aromatic carbocycles. The van der Waals surface area contributed by atoms with Gasteiger partial charge in [-0.05, 0) is 36.8 Å². The van der Waals surface area contributed by atoms with Gasteiger partial charge in [0.1, 0.15) is 0 Å². The number of thioether (sulfide) groups is 1. The van der Waals surface area contributed by atoms with Crippen LogP contribution in [0.4, 0.5) is 5.69 Å². The third kappa shape index (κ3) is 3.28. The number of carbonyl (C=O) groups excluding carboxylic acids is 1. The molecule has 3 rings (SSSR count). The van der Waals surface area contributed by atoms with Crippen molar-refractivity contribution in [1.29, 1.82) is 0 Å². The second-order valence-electron chi connectivity index (χ2n) is 5.97. The fourth-order valence-corrected chi connectivity index (χ4v) is 3.38. The van der Waals surface area contributed by atoms with Gasteiger partial charge in [0.05, 0.1) is 9.82 Å². The van der Waals surface area contributed by atoms with Crippen LogP contribution in [0.1, 0.15) is 28.8 Å². The fraction of sp³-hybridized carbons (Fsp3) is 0.278. The zero-order chi connectivity index (χ0) is 17.2. The first kappa shape index (κ1) is 16.5. The number of hydrogen-bond acceptors (Lipinski definition) is 4. The van der Waals surface area contributed by atoms with Crippen LogP contribution in [0.25, 0.3) is 0 Å². The van der Waals surface area contributed by atoms with Gasteiger partial charge in [0.25, 0.3) is 11.6 Å². The zero-order valence-electron chi connectivity index (χ0n) is 13.3. The summed E-state index contributed by atoms with van der Waals surface area (Å²) in [6, 6.07) is 14.8. The monoisotopic (exact) mass is 342 g/mol. The molecule has 0 spiro atoms. The van der Waals surface area contributed by atoms with E-state index in [0.717, 1.165) is 12.8 Å². The number of nitro benzene ring substituents is 1. The van der Waals surface area contributed by atoms with Crippen LogP contribution >= 0.6 is 11.8 Å². The maximum absolute atomic E-state index is 12.4. The van der Waals surface area contributed by atoms with Crippen LogP contribution in [0.5, 0.6) is 0 Å². The Hall–Kier alpha value is -2.34. The largest absolute Gasteiger partial charge is 0.351 e. The topological polar surface area (TPSA) is 72.2 Å². The molecule has 6 heteroatoms. The standard InChI is InChI=1S/C18H18N2O3S/c1-24-16-8-7-13(11-15(16)20(22)23)17(21)19-12-18(9-10-18)14-5-3-2-4-6-14/h2-8,11H,9-10,12H2,1H3,(H,19,21). The first-order valence-corrected chi connectivity index (χ1v) is 8.94. The molecule has 0 heterocycles. The highest BCUT2D eigenvalue weighted by Crippen LogP contribution is 2.47. The molecule has 1 aliphatic carbocycles. The average molecular weight is 342 g/mol. The minimum absolute atomic E-state index is 0.0159. The molecular formula is C18H18N2O3S. The Morgan fingerprint density at radius 1 is 1.25 bits per heavy atom. The molecule has 24 heavy (non-hydrogen) atoms. The Labute approximate surface area is 144 Å². The first-order chi connectivity index (χ1) is 11.6. The summed E-state index contributed by atoms with van der Waals surface area (Å²) < 4.78 is 0. The summed E-state index contributed by atoms with van der Waals surface area (Å²) in [5, 5.41) is 14.1. The van der Waals surface area contributed by atoms with Crippen molar-refractivity contribution in [3.05, 3.63) is 69.8 Å². The van der Waals surface area contributed by atoms with Crippen LogP contribution in [0, 0.1) is 10.1 Å². The van der Waals surface area contributed by atoms with E-state index in [1.807, 2.05) is 18.2 Å². The molecule has 1 fully saturated rings. The lowest BCUT2D eigenvalue weighted by molar-refractivity contribution is -0.387. The molecule has 1 amide bonds. The van der Waals surface area contributed by atoms with Gasteiger partial charge in [-0.2, -0.15) is 0 Å². The maximum Gasteiger partial charge on any atom is 0.283 e. The summed E-state index contributed by atoms with van der Waals surface area (Å²) in [5.74, 6) is -0.270. The zero-order valence-corrected chi connectivity index (χ0v) is 14.1. The third-order valence-corrected chi connectivity index (χ3v) is 5.25. The second kappa shape index (κ2) is 6.65. The van der Waals surface area contributed by atoms with Gasteiger partial charge in [-0.15, -0.1) is 11.8 Å². The van der Waals surface area contributed by atoms with E-state index in [0.29, 0.717) is 17.0 Å². The Bertz CT molecular complexity index is 773. The van der Waals surface area contributed by atoms with E-state index in [1.54, 1.807) is 18.4 Å². The molecule has 124 valence electrons. The van der Waals surface area contributed by atoms with E-state index < -0.39 is 4.92 Å². The van der Waals surface area contributed by atoms with Crippen LogP contribution in [-0.4, -0.2) is 23.6 Å². The summed E-state index contributed by atoms with van der Waals surface area (Å²) in [7, 11) is 0. The predicted molar refractivity (Wildman–Crippen MR) is 94.6 cm³/mol. The number of hydrogen-bond donors (Lipinski definition) is 1. The molecule has 0 aromatic heterocycles. The molecule has 0 radical (unpaired) electrons. The Kier molecular flexibility index (Phi) is 4.57. The average Bonchev–Trinajstić information content (AvgIpc) is 3.41. The molecule has 1 saturated carbocycles. The van der Waals surface area contributed by atoms with Gasteiger partial charge in [0, 0.05) is 23.6 Å². The van der Waals surface area contributed by atoms with Crippen molar-refractivity contribution in [3.63, 3.8) is 0 Å². The molecule has 0 aliphatic heterocycles. The maximum atomic E-state index is 12.4. The predicted octanol–water partition coefficient (Wildman–Crippen LogP) is 3.78. The molecule has 0 bridgehead atoms. The minimum atomic E-state index is -0.449. The van der Waals surface area contributed by atoms with Crippen LogP contribution in [0.15, 0.2) is 53.4 Å². The van der Waals surface area contributed by atoms with E-state index in [9.17, 15) is 14.9 Å². The number of nitrogens with one attached hydrogen (secondary N) is 1. The highest BCUT2D eigenvalue weighted by molar-refractivity contribution is 7.98. The second-order valence-corrected chi connectivity index (χ2v) is 6.82. The van der Waals surface area contributed by atoms with Gasteiger partial charge in [-0.1, -0.05) is 30.3 Å². The van der Waals surface area contributed by atoms with Crippen LogP contribution < -0.4 is 5.32 Å². The van der Waals surface area contributed by atoms with E-state index in [-0.39, 0.29) is 17.0 Å². The Morgan fingerprint density at radius 2 is 1.96 bits per heavy atom. The van der Waals surface area contributed by atoms with Gasteiger partial charge in [0.2, 0.25) is 0 Å². The van der Waals surface area contributed by atoms with Gasteiger partial charge < -0.3 is 5.32 Å². The molecule has 1 N–H and O–H groups in total. The quantitative estimate of drug-likeness (QED) is 0.493. The lowest BCUT2D eigenvalue weighted by Gasteiger charge is -2.16. The van der Waals surface area contributed by atoms with E-state index in [2.05, 4.69) is 17.4 Å². The first-order valence-electron chi connectivity index (χ1n) is 7.72. The van der Waals surface area contributed by atoms with Crippen LogP contribution in [-0.2, 0) is 5.41 Å². The van der Waals surface area contributed by atoms with Crippen molar-refractivity contribution in [2.75, 3.05) is 12.8 Å². The van der Waals surface area contributed by atoms with Crippen LogP contribution in [0.2, 0.25) is 0 Å². The van der Waals surface area contributed by atoms with Gasteiger partial charge >= 0.3 is 0 Å². The van der Waals surface area contributed by atoms with Gasteiger partial charge in [-0.3, -0.25) is 14.9 Å². The number of benzene rings is 2. The molecule has 0 atom stereocenters. The van der Waals surface area contributed by atoms with Crippen molar-refractivity contribution >= 4 is 23.4 Å². The molecule has 0 saturated heterocycles. The summed E-state index contributed by atoms with van der Waals surface area (Å²) >= 11 is 1.30. The lowest BCUT2D eigenvalue weighted by atomic mass is 9.96. The normalized spacial score (nSPS) is 14.9. The molecule has 2 aromatic rings. The number of rotatable bonds is 6. The van der Waals surface area contributed by atoms with Crippen LogP contribution in [0.3, 0.4) is 0 Å². The summed E-state index contributed by atoms with van der Waals surface area (Å²) in [6.45, 7) is 0.550. The van der Waals surface area contributed by atoms with Gasteiger partial charge in [-0.25, -0.2) is 0 Å². The number of amides is 1. The van der Waals surface area contributed by atoms with Crippen molar-refractivity contribution < 1.29 is 9.72 Å². The summed E-state index contributed by atoms with van der Waals surface area (Å²) in [6.07, 6.45) is 3.87. The SMILES string of the molecule is CSc1ccc(C(=O)NCC2(c3ccccc3)CC2)cc1[N+](=O)[O-]. The Morgan fingerprint density at radius 3 is 2.54 bits per heavy atom. The highest BCUT2D eigenvalue weighted by Gasteiger charge is 2.44. The number of nitro groups is 1. The molecule has 5 nitrogen and oxygen atoms in total. The van der Waals surface area contributed by atoms with Crippen molar-refractivity contribution in [3.8, 4) is 0 Å². The molecule has 1 aliphatic rings. The summed E-state index contributed by atoms with van der Waals surface area (Å²) in [4.78, 5) is 23.6.